The fourth-order valence-corrected chi connectivity index (χ4v) is 2.96. The molecule has 0 radical (unpaired) electrons. The number of nitrogens with zero attached hydrogens (tertiary/aromatic N) is 3. The lowest BCUT2D eigenvalue weighted by molar-refractivity contribution is 0.0931. The standard InChI is InChI=1S/C16H21N5O2/c1-23-15-5-2-4-11-12(15)6-7-13(11)18-16(22)14-10-21(20-19-14)9-3-8-17/h2,4-5,10,13H,3,6-9,17H2,1H3,(H,18,22). The van der Waals surface area contributed by atoms with Gasteiger partial charge >= 0.3 is 0 Å². The number of carbonyl (C=O) groups is 1. The molecule has 0 bridgehead atoms. The van der Waals surface area contributed by atoms with Gasteiger partial charge in [0, 0.05) is 6.54 Å². The number of amides is 1. The highest BCUT2D eigenvalue weighted by Gasteiger charge is 2.27. The molecule has 3 rings (SSSR count). The first-order chi connectivity index (χ1) is 11.2. The average molecular weight is 315 g/mol. The summed E-state index contributed by atoms with van der Waals surface area (Å²) >= 11 is 0. The van der Waals surface area contributed by atoms with Gasteiger partial charge in [-0.3, -0.25) is 9.48 Å². The summed E-state index contributed by atoms with van der Waals surface area (Å²) in [6.07, 6.45) is 4.23. The molecule has 1 aromatic carbocycles. The third-order valence-corrected chi connectivity index (χ3v) is 4.12. The van der Waals surface area contributed by atoms with Crippen molar-refractivity contribution in [2.45, 2.75) is 31.8 Å². The Kier molecular flexibility index (Phi) is 4.57. The Balaban J connectivity index is 1.69. The Bertz CT molecular complexity index is 698. The average Bonchev–Trinajstić information content (AvgIpc) is 3.20. The first kappa shape index (κ1) is 15.5. The van der Waals surface area contributed by atoms with Gasteiger partial charge in [0.15, 0.2) is 5.69 Å². The fraction of sp³-hybridized carbons (Fsp3) is 0.438. The van der Waals surface area contributed by atoms with Crippen molar-refractivity contribution >= 4 is 5.91 Å². The summed E-state index contributed by atoms with van der Waals surface area (Å²) in [5.74, 6) is 0.677. The SMILES string of the molecule is COc1cccc2c1CCC2NC(=O)c1cn(CCCN)nn1. The van der Waals surface area contributed by atoms with E-state index in [0.717, 1.165) is 30.6 Å². The van der Waals surface area contributed by atoms with E-state index >= 15 is 0 Å². The molecule has 1 aromatic heterocycles. The molecule has 1 atom stereocenters. The zero-order chi connectivity index (χ0) is 16.2. The molecule has 0 spiro atoms. The van der Waals surface area contributed by atoms with E-state index in [9.17, 15) is 4.79 Å². The maximum Gasteiger partial charge on any atom is 0.273 e. The predicted octanol–water partition coefficient (Wildman–Crippen LogP) is 1.05. The van der Waals surface area contributed by atoms with Gasteiger partial charge in [-0.25, -0.2) is 0 Å². The summed E-state index contributed by atoms with van der Waals surface area (Å²) in [6.45, 7) is 1.25. The minimum absolute atomic E-state index is 0.0122. The number of benzene rings is 1. The normalized spacial score (nSPS) is 16.2. The summed E-state index contributed by atoms with van der Waals surface area (Å²) in [7, 11) is 1.67. The first-order valence-electron chi connectivity index (χ1n) is 7.79. The van der Waals surface area contributed by atoms with E-state index in [1.165, 1.54) is 5.56 Å². The third kappa shape index (κ3) is 3.19. The second-order valence-corrected chi connectivity index (χ2v) is 5.60. The molecule has 3 N–H and O–H groups in total. The van der Waals surface area contributed by atoms with Crippen molar-refractivity contribution in [3.63, 3.8) is 0 Å². The van der Waals surface area contributed by atoms with Crippen LogP contribution in [0.5, 0.6) is 5.75 Å². The van der Waals surface area contributed by atoms with Crippen LogP contribution in [0, 0.1) is 0 Å². The molecule has 7 nitrogen and oxygen atoms in total. The second kappa shape index (κ2) is 6.78. The molecule has 0 fully saturated rings. The summed E-state index contributed by atoms with van der Waals surface area (Å²) in [6, 6.07) is 5.92. The number of ether oxygens (including phenoxy) is 1. The minimum Gasteiger partial charge on any atom is -0.496 e. The highest BCUT2D eigenvalue weighted by Crippen LogP contribution is 2.36. The predicted molar refractivity (Wildman–Crippen MR) is 85.2 cm³/mol. The number of carbonyl (C=O) groups excluding carboxylic acids is 1. The summed E-state index contributed by atoms with van der Waals surface area (Å²) in [5, 5.41) is 10.9. The van der Waals surface area contributed by atoms with Crippen molar-refractivity contribution in [2.24, 2.45) is 5.73 Å². The minimum atomic E-state index is -0.204. The van der Waals surface area contributed by atoms with Gasteiger partial charge in [0.2, 0.25) is 0 Å². The Labute approximate surface area is 134 Å². The maximum absolute atomic E-state index is 12.4. The van der Waals surface area contributed by atoms with Gasteiger partial charge in [-0.05, 0) is 43.0 Å². The molecule has 0 saturated carbocycles. The highest BCUT2D eigenvalue weighted by atomic mass is 16.5. The van der Waals surface area contributed by atoms with Crippen LogP contribution in [-0.2, 0) is 13.0 Å². The third-order valence-electron chi connectivity index (χ3n) is 4.12. The molecule has 122 valence electrons. The van der Waals surface area contributed by atoms with E-state index < -0.39 is 0 Å². The van der Waals surface area contributed by atoms with Gasteiger partial charge in [-0.2, -0.15) is 0 Å². The highest BCUT2D eigenvalue weighted by molar-refractivity contribution is 5.92. The molecule has 7 heteroatoms. The van der Waals surface area contributed by atoms with Gasteiger partial charge < -0.3 is 15.8 Å². The van der Waals surface area contributed by atoms with Crippen LogP contribution in [0.4, 0.5) is 0 Å². The van der Waals surface area contributed by atoms with Crippen molar-refractivity contribution in [3.05, 3.63) is 41.2 Å². The van der Waals surface area contributed by atoms with Crippen molar-refractivity contribution in [1.82, 2.24) is 20.3 Å². The van der Waals surface area contributed by atoms with Crippen molar-refractivity contribution in [3.8, 4) is 5.75 Å². The zero-order valence-electron chi connectivity index (χ0n) is 13.2. The second-order valence-electron chi connectivity index (χ2n) is 5.60. The number of nitrogens with one attached hydrogen (secondary N) is 1. The Morgan fingerprint density at radius 2 is 2.39 bits per heavy atom. The van der Waals surface area contributed by atoms with E-state index in [0.29, 0.717) is 18.8 Å². The molecule has 1 heterocycles. The number of hydrogen-bond donors (Lipinski definition) is 2. The van der Waals surface area contributed by atoms with E-state index in [1.54, 1.807) is 18.0 Å². The van der Waals surface area contributed by atoms with Crippen LogP contribution in [0.25, 0.3) is 0 Å². The van der Waals surface area contributed by atoms with Crippen LogP contribution in [0.15, 0.2) is 24.4 Å². The maximum atomic E-state index is 12.4. The van der Waals surface area contributed by atoms with Crippen LogP contribution < -0.4 is 15.8 Å². The van der Waals surface area contributed by atoms with E-state index in [2.05, 4.69) is 15.6 Å². The molecular formula is C16H21N5O2. The van der Waals surface area contributed by atoms with Gasteiger partial charge in [0.05, 0.1) is 19.3 Å². The molecule has 0 saturated heterocycles. The van der Waals surface area contributed by atoms with Gasteiger partial charge in [0.1, 0.15) is 5.75 Å². The number of rotatable bonds is 6. The lowest BCUT2D eigenvalue weighted by atomic mass is 10.1. The first-order valence-corrected chi connectivity index (χ1v) is 7.79. The Morgan fingerprint density at radius 3 is 3.17 bits per heavy atom. The topological polar surface area (TPSA) is 95.1 Å². The number of nitrogens with two attached hydrogens (primary N) is 1. The quantitative estimate of drug-likeness (QED) is 0.831. The molecule has 0 aliphatic heterocycles. The number of aryl methyl sites for hydroxylation is 1. The number of fused-ring (bicyclic) bond motifs is 1. The van der Waals surface area contributed by atoms with E-state index in [4.69, 9.17) is 10.5 Å². The van der Waals surface area contributed by atoms with Crippen LogP contribution in [0.3, 0.4) is 0 Å². The van der Waals surface area contributed by atoms with Crippen LogP contribution in [-0.4, -0.2) is 34.6 Å². The molecule has 1 aliphatic rings. The molecular weight excluding hydrogens is 294 g/mol. The number of methoxy groups -OCH3 is 1. The van der Waals surface area contributed by atoms with E-state index in [-0.39, 0.29) is 11.9 Å². The number of aromatic nitrogens is 3. The van der Waals surface area contributed by atoms with Gasteiger partial charge in [-0.15, -0.1) is 5.10 Å². The zero-order valence-corrected chi connectivity index (χ0v) is 13.2. The van der Waals surface area contributed by atoms with Crippen molar-refractivity contribution in [2.75, 3.05) is 13.7 Å². The summed E-state index contributed by atoms with van der Waals surface area (Å²) in [5.41, 5.74) is 8.09. The Hall–Kier alpha value is -2.41. The van der Waals surface area contributed by atoms with E-state index in [1.807, 2.05) is 18.2 Å². The summed E-state index contributed by atoms with van der Waals surface area (Å²) in [4.78, 5) is 12.4. The monoisotopic (exact) mass is 315 g/mol. The van der Waals surface area contributed by atoms with Crippen molar-refractivity contribution < 1.29 is 9.53 Å². The number of hydrogen-bond acceptors (Lipinski definition) is 5. The molecule has 1 aliphatic carbocycles. The smallest absolute Gasteiger partial charge is 0.273 e. The lowest BCUT2D eigenvalue weighted by Crippen LogP contribution is -2.27. The molecule has 23 heavy (non-hydrogen) atoms. The molecule has 1 unspecified atom stereocenters. The van der Waals surface area contributed by atoms with Crippen LogP contribution in [0.1, 0.15) is 40.5 Å². The van der Waals surface area contributed by atoms with Crippen LogP contribution in [0.2, 0.25) is 0 Å². The lowest BCUT2D eigenvalue weighted by Gasteiger charge is -2.13. The van der Waals surface area contributed by atoms with Gasteiger partial charge in [-0.1, -0.05) is 17.3 Å². The van der Waals surface area contributed by atoms with Gasteiger partial charge in [0.25, 0.3) is 5.91 Å². The summed E-state index contributed by atoms with van der Waals surface area (Å²) < 4.78 is 7.03. The van der Waals surface area contributed by atoms with Crippen molar-refractivity contribution in [1.29, 1.82) is 0 Å². The Morgan fingerprint density at radius 1 is 1.52 bits per heavy atom. The fourth-order valence-electron chi connectivity index (χ4n) is 2.96. The largest absolute Gasteiger partial charge is 0.496 e. The van der Waals surface area contributed by atoms with Crippen LogP contribution >= 0.6 is 0 Å². The molecule has 1 amide bonds. The molecule has 2 aromatic rings.